The number of anilines is 1. The minimum Gasteiger partial charge on any atom is -0.378 e. The van der Waals surface area contributed by atoms with Crippen LogP contribution in [0, 0.1) is 33.8 Å². The van der Waals surface area contributed by atoms with E-state index in [1.54, 1.807) is 12.1 Å². The van der Waals surface area contributed by atoms with E-state index < -0.39 is 10.8 Å². The Morgan fingerprint density at radius 2 is 1.74 bits per heavy atom. The molecule has 8 nitrogen and oxygen atoms in total. The fourth-order valence-corrected chi connectivity index (χ4v) is 6.63. The van der Waals surface area contributed by atoms with Gasteiger partial charge >= 0.3 is 0 Å². The van der Waals surface area contributed by atoms with E-state index in [9.17, 15) is 14.9 Å². The Morgan fingerprint density at radius 3 is 2.35 bits per heavy atom. The SMILES string of the molecule is O=C(NC(=S)NC1C2CC3CC(C2)CC1C3)c1ccc(N2CCOCC2)c([N+](=O)[O-])c1. The van der Waals surface area contributed by atoms with E-state index >= 15 is 0 Å². The zero-order valence-corrected chi connectivity index (χ0v) is 18.2. The molecule has 5 aliphatic rings. The van der Waals surface area contributed by atoms with Gasteiger partial charge in [-0.05, 0) is 80.1 Å². The lowest BCUT2D eigenvalue weighted by Crippen LogP contribution is -2.57. The minimum absolute atomic E-state index is 0.0746. The van der Waals surface area contributed by atoms with Crippen molar-refractivity contribution < 1.29 is 14.5 Å². The highest BCUT2D eigenvalue weighted by Crippen LogP contribution is 2.53. The van der Waals surface area contributed by atoms with Crippen LogP contribution in [0.25, 0.3) is 0 Å². The lowest BCUT2D eigenvalue weighted by molar-refractivity contribution is -0.384. The Bertz CT molecular complexity index is 873. The van der Waals surface area contributed by atoms with Crippen LogP contribution >= 0.6 is 12.2 Å². The molecular formula is C22H28N4O4S. The molecule has 6 rings (SSSR count). The third-order valence-corrected chi connectivity index (χ3v) is 7.76. The van der Waals surface area contributed by atoms with Crippen molar-refractivity contribution in [3.05, 3.63) is 33.9 Å². The van der Waals surface area contributed by atoms with Gasteiger partial charge in [-0.25, -0.2) is 0 Å². The molecule has 1 heterocycles. The molecule has 1 aromatic carbocycles. The average molecular weight is 445 g/mol. The number of amides is 1. The van der Waals surface area contributed by atoms with Gasteiger partial charge < -0.3 is 15.0 Å². The normalized spacial score (nSPS) is 31.4. The maximum atomic E-state index is 12.8. The largest absolute Gasteiger partial charge is 0.378 e. The molecule has 1 saturated heterocycles. The van der Waals surface area contributed by atoms with E-state index in [-0.39, 0.29) is 11.3 Å². The lowest BCUT2D eigenvalue weighted by atomic mass is 9.54. The molecule has 4 saturated carbocycles. The summed E-state index contributed by atoms with van der Waals surface area (Å²) < 4.78 is 5.33. The average Bonchev–Trinajstić information content (AvgIpc) is 2.76. The minimum atomic E-state index is -0.438. The molecule has 2 N–H and O–H groups in total. The number of nitro benzene ring substituents is 1. The van der Waals surface area contributed by atoms with E-state index in [1.165, 1.54) is 38.2 Å². The Hall–Kier alpha value is -2.26. The van der Waals surface area contributed by atoms with Crippen LogP contribution in [-0.4, -0.2) is 48.3 Å². The number of nitrogens with one attached hydrogen (secondary N) is 2. The molecule has 166 valence electrons. The van der Waals surface area contributed by atoms with E-state index in [2.05, 4.69) is 10.6 Å². The van der Waals surface area contributed by atoms with E-state index in [4.69, 9.17) is 17.0 Å². The van der Waals surface area contributed by atoms with Gasteiger partial charge in [0.25, 0.3) is 11.6 Å². The summed E-state index contributed by atoms with van der Waals surface area (Å²) in [5.41, 5.74) is 0.673. The van der Waals surface area contributed by atoms with Crippen molar-refractivity contribution in [2.45, 2.75) is 38.1 Å². The second kappa shape index (κ2) is 8.35. The predicted octanol–water partition coefficient (Wildman–Crippen LogP) is 2.86. The molecule has 0 aromatic heterocycles. The summed E-state index contributed by atoms with van der Waals surface area (Å²) in [6.07, 6.45) is 6.43. The molecule has 0 atom stereocenters. The number of morpholine rings is 1. The summed E-state index contributed by atoms with van der Waals surface area (Å²) in [6.45, 7) is 2.24. The molecule has 1 amide bonds. The van der Waals surface area contributed by atoms with Crippen LogP contribution < -0.4 is 15.5 Å². The topological polar surface area (TPSA) is 96.7 Å². The first-order chi connectivity index (χ1) is 15.0. The van der Waals surface area contributed by atoms with Crippen LogP contribution in [0.15, 0.2) is 18.2 Å². The maximum Gasteiger partial charge on any atom is 0.293 e. The molecule has 1 aromatic rings. The highest BCUT2D eigenvalue weighted by molar-refractivity contribution is 7.80. The Balaban J connectivity index is 1.25. The number of carbonyl (C=O) groups is 1. The second-order valence-corrected chi connectivity index (χ2v) is 9.85. The first-order valence-corrected chi connectivity index (χ1v) is 11.6. The number of ether oxygens (including phenoxy) is 1. The molecule has 1 aliphatic heterocycles. The lowest BCUT2D eigenvalue weighted by Gasteiger charge is -2.54. The summed E-state index contributed by atoms with van der Waals surface area (Å²) in [5, 5.41) is 18.1. The van der Waals surface area contributed by atoms with Crippen molar-refractivity contribution in [1.29, 1.82) is 0 Å². The molecule has 0 spiro atoms. The smallest absolute Gasteiger partial charge is 0.293 e. The second-order valence-electron chi connectivity index (χ2n) is 9.44. The van der Waals surface area contributed by atoms with Gasteiger partial charge in [-0.1, -0.05) is 0 Å². The van der Waals surface area contributed by atoms with E-state index in [0.29, 0.717) is 55.0 Å². The summed E-state index contributed by atoms with van der Waals surface area (Å²) in [4.78, 5) is 25.9. The van der Waals surface area contributed by atoms with Gasteiger partial charge in [0, 0.05) is 30.8 Å². The van der Waals surface area contributed by atoms with Gasteiger partial charge in [-0.15, -0.1) is 0 Å². The first kappa shape index (κ1) is 20.6. The number of rotatable bonds is 4. The van der Waals surface area contributed by atoms with Gasteiger partial charge in [0.2, 0.25) is 0 Å². The standard InChI is InChI=1S/C22H28N4O4S/c27-21(15-1-2-18(19(12-15)26(28)29)25-3-5-30-6-4-25)24-22(31)23-20-16-8-13-7-14(10-16)11-17(20)9-13/h1-2,12-14,16-17,20H,3-11H2,(H2,23,24,27,31). The molecule has 4 aliphatic carbocycles. The van der Waals surface area contributed by atoms with Crippen LogP contribution in [0.5, 0.6) is 0 Å². The number of hydrogen-bond acceptors (Lipinski definition) is 6. The zero-order valence-electron chi connectivity index (χ0n) is 17.4. The van der Waals surface area contributed by atoms with Crippen molar-refractivity contribution in [3.63, 3.8) is 0 Å². The summed E-state index contributed by atoms with van der Waals surface area (Å²) >= 11 is 5.44. The highest BCUT2D eigenvalue weighted by Gasteiger charge is 2.48. The number of hydrogen-bond donors (Lipinski definition) is 2. The fraction of sp³-hybridized carbons (Fsp3) is 0.636. The summed E-state index contributed by atoms with van der Waals surface area (Å²) in [5.74, 6) is 2.60. The Labute approximate surface area is 186 Å². The van der Waals surface area contributed by atoms with Crippen LogP contribution in [0.1, 0.15) is 42.5 Å². The van der Waals surface area contributed by atoms with Crippen LogP contribution in [0.4, 0.5) is 11.4 Å². The number of nitro groups is 1. The number of thiocarbonyl (C=S) groups is 1. The van der Waals surface area contributed by atoms with Crippen LogP contribution in [0.2, 0.25) is 0 Å². The number of carbonyl (C=O) groups excluding carboxylic acids is 1. The van der Waals surface area contributed by atoms with Gasteiger partial charge in [-0.3, -0.25) is 20.2 Å². The molecule has 4 bridgehead atoms. The van der Waals surface area contributed by atoms with Gasteiger partial charge in [0.15, 0.2) is 5.11 Å². The number of nitrogens with zero attached hydrogens (tertiary/aromatic N) is 2. The van der Waals surface area contributed by atoms with Crippen molar-refractivity contribution in [2.24, 2.45) is 23.7 Å². The molecule has 31 heavy (non-hydrogen) atoms. The van der Waals surface area contributed by atoms with Gasteiger partial charge in [-0.2, -0.15) is 0 Å². The highest BCUT2D eigenvalue weighted by atomic mass is 32.1. The van der Waals surface area contributed by atoms with Crippen LogP contribution in [0.3, 0.4) is 0 Å². The maximum absolute atomic E-state index is 12.8. The third-order valence-electron chi connectivity index (χ3n) is 7.54. The molecular weight excluding hydrogens is 416 g/mol. The Kier molecular flexibility index (Phi) is 5.56. The van der Waals surface area contributed by atoms with Crippen molar-refractivity contribution >= 4 is 34.6 Å². The monoisotopic (exact) mass is 444 g/mol. The van der Waals surface area contributed by atoms with E-state index in [0.717, 1.165) is 11.8 Å². The van der Waals surface area contributed by atoms with Crippen molar-refractivity contribution in [2.75, 3.05) is 31.2 Å². The van der Waals surface area contributed by atoms with Crippen molar-refractivity contribution in [1.82, 2.24) is 10.6 Å². The molecule has 0 radical (unpaired) electrons. The summed E-state index contributed by atoms with van der Waals surface area (Å²) in [6, 6.07) is 4.94. The first-order valence-electron chi connectivity index (χ1n) is 11.2. The van der Waals surface area contributed by atoms with Crippen LogP contribution in [-0.2, 0) is 4.74 Å². The van der Waals surface area contributed by atoms with E-state index in [1.807, 2.05) is 4.90 Å². The van der Waals surface area contributed by atoms with Gasteiger partial charge in [0.1, 0.15) is 5.69 Å². The number of benzene rings is 1. The molecule has 9 heteroatoms. The third kappa shape index (κ3) is 4.13. The fourth-order valence-electron chi connectivity index (χ4n) is 6.41. The van der Waals surface area contributed by atoms with Gasteiger partial charge in [0.05, 0.1) is 18.1 Å². The zero-order chi connectivity index (χ0) is 21.5. The molecule has 0 unspecified atom stereocenters. The molecule has 5 fully saturated rings. The summed E-state index contributed by atoms with van der Waals surface area (Å²) in [7, 11) is 0. The Morgan fingerprint density at radius 1 is 1.10 bits per heavy atom. The predicted molar refractivity (Wildman–Crippen MR) is 120 cm³/mol. The quantitative estimate of drug-likeness (QED) is 0.419. The van der Waals surface area contributed by atoms with Crippen molar-refractivity contribution in [3.8, 4) is 0 Å².